The number of hydrogen-bond acceptors (Lipinski definition) is 3. The van der Waals surface area contributed by atoms with Crippen LogP contribution >= 0.6 is 0 Å². The molecule has 2 heterocycles. The standard InChI is InChI=1S/C4H8O.C3H6O2/c1-2-4-3-5-4;4-1-3-2-5-3/h4H,2-3H2,1H3;3-4H,1-2H2/i2D2;1D2. The van der Waals surface area contributed by atoms with E-state index in [9.17, 15) is 0 Å². The molecule has 2 rings (SSSR count). The van der Waals surface area contributed by atoms with Crippen molar-refractivity contribution in [3.63, 3.8) is 0 Å². The molecule has 2 fully saturated rings. The molecule has 2 aliphatic heterocycles. The Morgan fingerprint density at radius 1 is 1.50 bits per heavy atom. The van der Waals surface area contributed by atoms with Gasteiger partial charge in [-0.1, -0.05) is 6.92 Å². The fourth-order valence-corrected chi connectivity index (χ4v) is 0.337. The lowest BCUT2D eigenvalue weighted by atomic mass is 10.4. The highest BCUT2D eigenvalue weighted by Crippen LogP contribution is 2.10. The number of aliphatic hydroxyl groups is 1. The molecular formula is C7H14O3. The third kappa shape index (κ3) is 3.82. The molecule has 2 atom stereocenters. The van der Waals surface area contributed by atoms with Gasteiger partial charge in [0.1, 0.15) is 6.10 Å². The van der Waals surface area contributed by atoms with E-state index >= 15 is 0 Å². The Morgan fingerprint density at radius 3 is 2.00 bits per heavy atom. The lowest BCUT2D eigenvalue weighted by Crippen LogP contribution is -1.88. The second-order valence-electron chi connectivity index (χ2n) is 2.06. The first-order valence-corrected chi connectivity index (χ1v) is 3.17. The van der Waals surface area contributed by atoms with Crippen molar-refractivity contribution in [1.29, 1.82) is 0 Å². The van der Waals surface area contributed by atoms with Crippen molar-refractivity contribution in [1.82, 2.24) is 0 Å². The van der Waals surface area contributed by atoms with Crippen LogP contribution < -0.4 is 0 Å². The van der Waals surface area contributed by atoms with Crippen LogP contribution in [0.2, 0.25) is 0 Å². The fraction of sp³-hybridized carbons (Fsp3) is 1.00. The number of epoxide rings is 2. The SMILES string of the molecule is [2H]C([2H])(C)C1CO1.[2H]C([2H])(O)C1CO1. The van der Waals surface area contributed by atoms with Crippen LogP contribution in [0.1, 0.15) is 18.8 Å². The van der Waals surface area contributed by atoms with Crippen molar-refractivity contribution >= 4 is 0 Å². The van der Waals surface area contributed by atoms with Crippen LogP contribution in [-0.2, 0) is 9.47 Å². The zero-order valence-corrected chi connectivity index (χ0v) is 5.83. The molecular weight excluding hydrogens is 132 g/mol. The van der Waals surface area contributed by atoms with E-state index in [0.717, 1.165) is 0 Å². The van der Waals surface area contributed by atoms with Gasteiger partial charge in [-0.2, -0.15) is 0 Å². The molecule has 0 aromatic carbocycles. The summed E-state index contributed by atoms with van der Waals surface area (Å²) in [7, 11) is 0. The maximum Gasteiger partial charge on any atom is 0.104 e. The Morgan fingerprint density at radius 2 is 2.00 bits per heavy atom. The molecule has 1 N–H and O–H groups in total. The van der Waals surface area contributed by atoms with Crippen molar-refractivity contribution < 1.29 is 20.1 Å². The van der Waals surface area contributed by atoms with E-state index in [2.05, 4.69) is 4.74 Å². The molecule has 0 saturated carbocycles. The van der Waals surface area contributed by atoms with Gasteiger partial charge in [0.15, 0.2) is 0 Å². The first-order chi connectivity index (χ1) is 6.21. The van der Waals surface area contributed by atoms with Crippen LogP contribution in [0, 0.1) is 0 Å². The minimum Gasteiger partial charge on any atom is -0.394 e. The summed E-state index contributed by atoms with van der Waals surface area (Å²) in [4.78, 5) is 0. The highest BCUT2D eigenvalue weighted by molar-refractivity contribution is 4.65. The van der Waals surface area contributed by atoms with Crippen molar-refractivity contribution in [2.24, 2.45) is 0 Å². The van der Waals surface area contributed by atoms with Gasteiger partial charge in [0, 0.05) is 2.74 Å². The molecule has 0 bridgehead atoms. The van der Waals surface area contributed by atoms with Crippen LogP contribution in [-0.4, -0.2) is 37.1 Å². The predicted octanol–water partition coefficient (Wildman–Crippen LogP) is 0.173. The second-order valence-corrected chi connectivity index (χ2v) is 2.06. The molecule has 3 nitrogen and oxygen atoms in total. The van der Waals surface area contributed by atoms with Crippen LogP contribution in [0.15, 0.2) is 0 Å². The third-order valence-electron chi connectivity index (χ3n) is 1.13. The average Bonchev–Trinajstić information content (AvgIpc) is 2.81. The van der Waals surface area contributed by atoms with Gasteiger partial charge in [0.2, 0.25) is 0 Å². The summed E-state index contributed by atoms with van der Waals surface area (Å²) >= 11 is 0. The minimum absolute atomic E-state index is 0.118. The zero-order chi connectivity index (χ0) is 11.0. The van der Waals surface area contributed by atoms with Gasteiger partial charge in [0.25, 0.3) is 0 Å². The van der Waals surface area contributed by atoms with Gasteiger partial charge in [-0.3, -0.25) is 0 Å². The lowest BCUT2D eigenvalue weighted by molar-refractivity contribution is 0.244. The summed E-state index contributed by atoms with van der Waals surface area (Å²) in [5, 5.41) is 8.37. The molecule has 60 valence electrons. The Hall–Kier alpha value is -0.120. The molecule has 3 heteroatoms. The van der Waals surface area contributed by atoms with E-state index in [1.54, 1.807) is 0 Å². The van der Waals surface area contributed by atoms with Crippen LogP contribution in [0.4, 0.5) is 0 Å². The topological polar surface area (TPSA) is 45.3 Å². The largest absolute Gasteiger partial charge is 0.394 e. The van der Waals surface area contributed by atoms with Crippen LogP contribution in [0.25, 0.3) is 0 Å². The quantitative estimate of drug-likeness (QED) is 0.571. The fourth-order valence-electron chi connectivity index (χ4n) is 0.337. The maximum atomic E-state index is 8.37. The van der Waals surface area contributed by atoms with Crippen molar-refractivity contribution in [3.8, 4) is 0 Å². The average molecular weight is 150 g/mol. The van der Waals surface area contributed by atoms with Gasteiger partial charge >= 0.3 is 0 Å². The minimum atomic E-state index is -2.11. The lowest BCUT2D eigenvalue weighted by Gasteiger charge is -1.70. The van der Waals surface area contributed by atoms with Gasteiger partial charge < -0.3 is 14.6 Å². The van der Waals surface area contributed by atoms with Gasteiger partial charge in [-0.05, 0) is 6.37 Å². The second kappa shape index (κ2) is 3.91. The first kappa shape index (κ1) is 4.04. The summed E-state index contributed by atoms with van der Waals surface area (Å²) in [6.45, 7) is 0.373. The van der Waals surface area contributed by atoms with Crippen molar-refractivity contribution in [2.45, 2.75) is 25.5 Å². The summed E-state index contributed by atoms with van der Waals surface area (Å²) in [6, 6.07) is 0. The van der Waals surface area contributed by atoms with E-state index in [1.807, 2.05) is 0 Å². The highest BCUT2D eigenvalue weighted by Gasteiger charge is 2.19. The summed E-state index contributed by atoms with van der Waals surface area (Å²) < 4.78 is 36.2. The zero-order valence-electron chi connectivity index (χ0n) is 9.83. The highest BCUT2D eigenvalue weighted by atomic mass is 16.6. The van der Waals surface area contributed by atoms with Crippen LogP contribution in [0.5, 0.6) is 0 Å². The molecule has 0 radical (unpaired) electrons. The molecule has 2 aliphatic rings. The molecule has 0 aromatic rings. The molecule has 0 spiro atoms. The van der Waals surface area contributed by atoms with E-state index < -0.39 is 19.0 Å². The Kier molecular flexibility index (Phi) is 1.58. The molecule has 2 unspecified atom stereocenters. The molecule has 0 aromatic heterocycles. The van der Waals surface area contributed by atoms with Crippen molar-refractivity contribution in [3.05, 3.63) is 0 Å². The summed E-state index contributed by atoms with van der Waals surface area (Å²) in [6.07, 6.45) is -1.79. The first-order valence-electron chi connectivity index (χ1n) is 5.17. The number of ether oxygens (including phenoxy) is 2. The Bertz CT molecular complexity index is 168. The normalized spacial score (nSPS) is 43.0. The third-order valence-corrected chi connectivity index (χ3v) is 1.13. The van der Waals surface area contributed by atoms with Crippen LogP contribution in [0.3, 0.4) is 0 Å². The van der Waals surface area contributed by atoms with Gasteiger partial charge in [-0.15, -0.1) is 0 Å². The molecule has 0 aliphatic carbocycles. The maximum absolute atomic E-state index is 8.37. The van der Waals surface area contributed by atoms with E-state index in [0.29, 0.717) is 13.2 Å². The summed E-state index contributed by atoms with van der Waals surface area (Å²) in [5.41, 5.74) is 0. The van der Waals surface area contributed by atoms with E-state index in [1.165, 1.54) is 6.92 Å². The van der Waals surface area contributed by atoms with Gasteiger partial charge in [0.05, 0.1) is 28.6 Å². The van der Waals surface area contributed by atoms with E-state index in [-0.39, 0.29) is 6.10 Å². The number of rotatable bonds is 2. The smallest absolute Gasteiger partial charge is 0.104 e. The molecule has 10 heavy (non-hydrogen) atoms. The summed E-state index contributed by atoms with van der Waals surface area (Å²) in [5.74, 6) is 0. The molecule has 2 saturated heterocycles. The monoisotopic (exact) mass is 150 g/mol. The predicted molar refractivity (Wildman–Crippen MR) is 36.9 cm³/mol. The van der Waals surface area contributed by atoms with Crippen molar-refractivity contribution in [2.75, 3.05) is 19.8 Å². The number of hydrogen-bond donors (Lipinski definition) is 1. The Balaban J connectivity index is 0.000000140. The Labute approximate surface area is 66.6 Å². The molecule has 0 amide bonds. The van der Waals surface area contributed by atoms with Gasteiger partial charge in [-0.25, -0.2) is 0 Å². The van der Waals surface area contributed by atoms with E-state index in [4.69, 9.17) is 15.3 Å².